The lowest BCUT2D eigenvalue weighted by Crippen LogP contribution is -2.65. The van der Waals surface area contributed by atoms with E-state index in [1.807, 2.05) is 13.8 Å². The lowest BCUT2D eigenvalue weighted by Gasteiger charge is -2.48. The fourth-order valence-corrected chi connectivity index (χ4v) is 9.38. The van der Waals surface area contributed by atoms with Gasteiger partial charge in [-0.25, -0.2) is 13.2 Å². The molecule has 14 nitrogen and oxygen atoms in total. The number of amides is 7. The Labute approximate surface area is 387 Å². The zero-order valence-corrected chi connectivity index (χ0v) is 39.4. The first-order chi connectivity index (χ1) is 30.1. The Morgan fingerprint density at radius 1 is 1.03 bits per heavy atom. The SMILES string of the molecule is CC(C)C[C@@H]1NC(=O)[C@@H](N(C)C(=O)[C@@H](NC(=O)[C@@H]2C[C@@H](F)CN2C(=O)C2(C(F)(F)F)CC(F)(F)C2)C2CC2)CCCCNC(=O)C(C)(C)NC(=O)[C@H](Cc2cc(Cl)ccc2Br)N(C)C1=O. The molecule has 1 aromatic rings. The highest BCUT2D eigenvalue weighted by Crippen LogP contribution is 2.61. The topological polar surface area (TPSA) is 177 Å². The molecule has 2 heterocycles. The molecule has 7 amide bonds. The lowest BCUT2D eigenvalue weighted by atomic mass is 9.64. The van der Waals surface area contributed by atoms with Crippen LogP contribution in [0.4, 0.5) is 26.3 Å². The average molecular weight is 1010 g/mol. The summed E-state index contributed by atoms with van der Waals surface area (Å²) in [5.41, 5.74) is -4.38. The van der Waals surface area contributed by atoms with E-state index in [0.717, 1.165) is 4.90 Å². The molecular formula is C43H57BrClF6N7O7. The first kappa shape index (κ1) is 51.8. The van der Waals surface area contributed by atoms with Crippen molar-refractivity contribution >= 4 is 68.9 Å². The van der Waals surface area contributed by atoms with Crippen molar-refractivity contribution in [3.8, 4) is 0 Å². The maximum atomic E-state index is 14.9. The van der Waals surface area contributed by atoms with Gasteiger partial charge in [0.1, 0.15) is 41.9 Å². The van der Waals surface area contributed by atoms with Gasteiger partial charge in [-0.3, -0.25) is 33.6 Å². The Morgan fingerprint density at radius 3 is 2.26 bits per heavy atom. The minimum atomic E-state index is -5.41. The van der Waals surface area contributed by atoms with Crippen LogP contribution in [0.3, 0.4) is 0 Å². The van der Waals surface area contributed by atoms with Crippen molar-refractivity contribution in [3.63, 3.8) is 0 Å². The third-order valence-corrected chi connectivity index (χ3v) is 13.7. The second kappa shape index (κ2) is 20.0. The molecule has 4 N–H and O–H groups in total. The average Bonchev–Trinajstić information content (AvgIpc) is 3.96. The molecule has 2 aliphatic heterocycles. The number of likely N-dealkylation sites (N-methyl/N-ethyl adjacent to an activating group) is 2. The van der Waals surface area contributed by atoms with Gasteiger partial charge in [-0.2, -0.15) is 13.2 Å². The first-order valence-corrected chi connectivity index (χ1v) is 22.8. The lowest BCUT2D eigenvalue weighted by molar-refractivity contribution is -0.299. The number of nitrogens with zero attached hydrogens (tertiary/aromatic N) is 3. The number of rotatable bonds is 10. The minimum absolute atomic E-state index is 0.00214. The fourth-order valence-electron chi connectivity index (χ4n) is 8.78. The molecule has 0 radical (unpaired) electrons. The Kier molecular flexibility index (Phi) is 15.9. The molecule has 4 aliphatic rings. The van der Waals surface area contributed by atoms with Crippen molar-refractivity contribution in [1.29, 1.82) is 0 Å². The van der Waals surface area contributed by atoms with Crippen LogP contribution in [0.2, 0.25) is 5.02 Å². The van der Waals surface area contributed by atoms with Crippen LogP contribution in [0.1, 0.15) is 91.0 Å². The van der Waals surface area contributed by atoms with E-state index in [9.17, 15) is 59.9 Å². The zero-order valence-electron chi connectivity index (χ0n) is 37.1. The highest BCUT2D eigenvalue weighted by atomic mass is 79.9. The molecule has 6 atom stereocenters. The number of halogens is 8. The van der Waals surface area contributed by atoms with Crippen molar-refractivity contribution in [1.82, 2.24) is 36.0 Å². The van der Waals surface area contributed by atoms with Gasteiger partial charge in [0.15, 0.2) is 5.41 Å². The van der Waals surface area contributed by atoms with E-state index in [0.29, 0.717) is 39.2 Å². The summed E-state index contributed by atoms with van der Waals surface area (Å²) in [6, 6.07) is -2.03. The number of likely N-dealkylation sites (tertiary alicyclic amines) is 1. The molecule has 0 spiro atoms. The van der Waals surface area contributed by atoms with Gasteiger partial charge in [0.05, 0.1) is 6.54 Å². The highest BCUT2D eigenvalue weighted by Gasteiger charge is 2.75. The summed E-state index contributed by atoms with van der Waals surface area (Å²) in [5.74, 6) is -10.9. The summed E-state index contributed by atoms with van der Waals surface area (Å²) in [7, 11) is 2.70. The van der Waals surface area contributed by atoms with Gasteiger partial charge in [0, 0.05) is 55.8 Å². The Balaban J connectivity index is 1.42. The molecule has 65 heavy (non-hydrogen) atoms. The predicted molar refractivity (Wildman–Crippen MR) is 229 cm³/mol. The molecule has 1 aromatic carbocycles. The van der Waals surface area contributed by atoms with Gasteiger partial charge in [-0.15, -0.1) is 0 Å². The largest absolute Gasteiger partial charge is 0.403 e. The van der Waals surface area contributed by atoms with Gasteiger partial charge in [0.2, 0.25) is 41.4 Å². The van der Waals surface area contributed by atoms with Gasteiger partial charge < -0.3 is 36.0 Å². The van der Waals surface area contributed by atoms with Crippen molar-refractivity contribution in [2.75, 3.05) is 27.2 Å². The number of benzene rings is 1. The van der Waals surface area contributed by atoms with Gasteiger partial charge in [0.25, 0.3) is 5.92 Å². The van der Waals surface area contributed by atoms with Gasteiger partial charge in [-0.1, -0.05) is 41.4 Å². The second-order valence-corrected chi connectivity index (χ2v) is 20.1. The van der Waals surface area contributed by atoms with E-state index in [-0.39, 0.29) is 38.1 Å². The van der Waals surface area contributed by atoms with Crippen molar-refractivity contribution in [2.45, 2.75) is 146 Å². The molecule has 0 bridgehead atoms. The van der Waals surface area contributed by atoms with E-state index in [1.54, 1.807) is 18.2 Å². The standard InChI is InChI=1S/C43H57BrClF6N7O7/c1-22(2)15-28-36(62)57(6)30(17-24-16-25(45)12-13-27(24)44)35(61)55-40(3,4)38(64)52-14-8-7-9-29(33(59)53-28)56(5)37(63)32(23-10-11-23)54-34(60)31-18-26(46)19-58(31)39(65)41(43(49,50)51)20-42(47,48)21-41/h12-13,16,22-23,26,28-32H,7-11,14-15,17-21H2,1-6H3,(H,52,64)(H,53,59)(H,54,60)(H,55,61)/t26-,28+,29+,30+,31+,32+/m1/s1. The molecule has 2 saturated carbocycles. The Bertz CT molecular complexity index is 2020. The zero-order chi connectivity index (χ0) is 48.6. The smallest absolute Gasteiger partial charge is 0.354 e. The summed E-state index contributed by atoms with van der Waals surface area (Å²) < 4.78 is 85.7. The molecule has 0 aromatic heterocycles. The molecular weight excluding hydrogens is 956 g/mol. The number of hydrogen-bond acceptors (Lipinski definition) is 7. The molecule has 2 saturated heterocycles. The normalized spacial score (nSPS) is 27.0. The van der Waals surface area contributed by atoms with Crippen LogP contribution in [-0.4, -0.2) is 137 Å². The fraction of sp³-hybridized carbons (Fsp3) is 0.698. The van der Waals surface area contributed by atoms with Crippen LogP contribution >= 0.6 is 27.5 Å². The van der Waals surface area contributed by atoms with Crippen molar-refractivity contribution < 1.29 is 59.9 Å². The van der Waals surface area contributed by atoms with Crippen LogP contribution in [0.25, 0.3) is 0 Å². The summed E-state index contributed by atoms with van der Waals surface area (Å²) >= 11 is 9.77. The van der Waals surface area contributed by atoms with E-state index in [4.69, 9.17) is 11.6 Å². The molecule has 22 heteroatoms. The van der Waals surface area contributed by atoms with Crippen molar-refractivity contribution in [3.05, 3.63) is 33.3 Å². The number of nitrogens with one attached hydrogen (secondary N) is 4. The number of hydrogen-bond donors (Lipinski definition) is 4. The molecule has 0 unspecified atom stereocenters. The van der Waals surface area contributed by atoms with Crippen molar-refractivity contribution in [2.24, 2.45) is 17.3 Å². The Morgan fingerprint density at radius 2 is 1.68 bits per heavy atom. The predicted octanol–water partition coefficient (Wildman–Crippen LogP) is 4.84. The number of carbonyl (C=O) groups is 7. The van der Waals surface area contributed by atoms with E-state index in [1.165, 1.54) is 32.8 Å². The van der Waals surface area contributed by atoms with Crippen LogP contribution in [0, 0.1) is 17.3 Å². The third kappa shape index (κ3) is 11.9. The molecule has 362 valence electrons. The van der Waals surface area contributed by atoms with Crippen LogP contribution in [0.5, 0.6) is 0 Å². The number of alkyl halides is 6. The first-order valence-electron chi connectivity index (χ1n) is 21.7. The maximum absolute atomic E-state index is 14.9. The molecule has 5 rings (SSSR count). The molecule has 2 aliphatic carbocycles. The Hall–Kier alpha value is -4.14. The summed E-state index contributed by atoms with van der Waals surface area (Å²) in [6.07, 6.45) is -10.4. The highest BCUT2D eigenvalue weighted by molar-refractivity contribution is 9.10. The summed E-state index contributed by atoms with van der Waals surface area (Å²) in [5, 5.41) is 11.2. The van der Waals surface area contributed by atoms with Crippen LogP contribution in [0.15, 0.2) is 22.7 Å². The van der Waals surface area contributed by atoms with E-state index >= 15 is 0 Å². The van der Waals surface area contributed by atoms with Crippen LogP contribution < -0.4 is 21.3 Å². The number of carbonyl (C=O) groups excluding carboxylic acids is 7. The summed E-state index contributed by atoms with van der Waals surface area (Å²) in [6.45, 7) is 5.82. The van der Waals surface area contributed by atoms with E-state index < -0.39 is 133 Å². The minimum Gasteiger partial charge on any atom is -0.354 e. The maximum Gasteiger partial charge on any atom is 0.403 e. The summed E-state index contributed by atoms with van der Waals surface area (Å²) in [4.78, 5) is 101. The van der Waals surface area contributed by atoms with Crippen LogP contribution in [-0.2, 0) is 40.0 Å². The van der Waals surface area contributed by atoms with Gasteiger partial charge >= 0.3 is 6.18 Å². The second-order valence-electron chi connectivity index (χ2n) is 18.8. The van der Waals surface area contributed by atoms with E-state index in [2.05, 4.69) is 37.2 Å². The monoisotopic (exact) mass is 1010 g/mol. The molecule has 4 fully saturated rings. The third-order valence-electron chi connectivity index (χ3n) is 12.7. The van der Waals surface area contributed by atoms with Gasteiger partial charge in [-0.05, 0) is 88.0 Å². The quantitative estimate of drug-likeness (QED) is 0.243.